The van der Waals surface area contributed by atoms with Crippen LogP contribution in [0.4, 0.5) is 0 Å². The molecule has 0 radical (unpaired) electrons. The third kappa shape index (κ3) is 3.28. The van der Waals surface area contributed by atoms with Gasteiger partial charge in [0.15, 0.2) is 0 Å². The molecule has 0 aliphatic carbocycles. The van der Waals surface area contributed by atoms with Crippen LogP contribution < -0.4 is 5.73 Å². The van der Waals surface area contributed by atoms with Gasteiger partial charge in [-0.05, 0) is 12.5 Å². The van der Waals surface area contributed by atoms with Gasteiger partial charge in [-0.15, -0.1) is 0 Å². The van der Waals surface area contributed by atoms with E-state index in [1.807, 2.05) is 11.8 Å². The summed E-state index contributed by atoms with van der Waals surface area (Å²) in [6.07, 6.45) is 0. The molecule has 2 N–H and O–H groups in total. The zero-order valence-corrected chi connectivity index (χ0v) is 8.23. The molecular formula is C10H15NS. The Morgan fingerprint density at radius 2 is 2.25 bits per heavy atom. The molecule has 0 aromatic heterocycles. The molecule has 0 atom stereocenters. The Kier molecular flexibility index (Phi) is 4.19. The van der Waals surface area contributed by atoms with E-state index in [0.717, 1.165) is 18.1 Å². The van der Waals surface area contributed by atoms with Crippen LogP contribution in [0.5, 0.6) is 0 Å². The van der Waals surface area contributed by atoms with Crippen molar-refractivity contribution in [1.82, 2.24) is 0 Å². The summed E-state index contributed by atoms with van der Waals surface area (Å²) in [6, 6.07) is 8.62. The minimum absolute atomic E-state index is 0.774. The third-order valence-corrected chi connectivity index (χ3v) is 2.68. The van der Waals surface area contributed by atoms with Crippen LogP contribution in [-0.2, 0) is 5.75 Å². The average molecular weight is 181 g/mol. The zero-order valence-electron chi connectivity index (χ0n) is 7.42. The van der Waals surface area contributed by atoms with Crippen LogP contribution in [0.15, 0.2) is 24.3 Å². The maximum Gasteiger partial charge on any atom is 0.0185 e. The molecule has 12 heavy (non-hydrogen) atoms. The monoisotopic (exact) mass is 181 g/mol. The highest BCUT2D eigenvalue weighted by atomic mass is 32.2. The van der Waals surface area contributed by atoms with Crippen molar-refractivity contribution in [2.24, 2.45) is 5.73 Å². The maximum atomic E-state index is 5.40. The van der Waals surface area contributed by atoms with E-state index in [1.54, 1.807) is 0 Å². The van der Waals surface area contributed by atoms with E-state index in [0.29, 0.717) is 0 Å². The normalized spacial score (nSPS) is 10.2. The molecule has 0 aliphatic rings. The van der Waals surface area contributed by atoms with Crippen LogP contribution in [0.3, 0.4) is 0 Å². The Labute approximate surface area is 78.4 Å². The van der Waals surface area contributed by atoms with Crippen molar-refractivity contribution < 1.29 is 0 Å². The molecule has 0 heterocycles. The zero-order chi connectivity index (χ0) is 8.81. The van der Waals surface area contributed by atoms with Crippen molar-refractivity contribution in [3.63, 3.8) is 0 Å². The first-order valence-corrected chi connectivity index (χ1v) is 5.32. The molecule has 0 aliphatic heterocycles. The van der Waals surface area contributed by atoms with Gasteiger partial charge in [-0.1, -0.05) is 29.8 Å². The fraction of sp³-hybridized carbons (Fsp3) is 0.400. The van der Waals surface area contributed by atoms with Gasteiger partial charge in [-0.25, -0.2) is 0 Å². The smallest absolute Gasteiger partial charge is 0.0185 e. The van der Waals surface area contributed by atoms with E-state index in [-0.39, 0.29) is 0 Å². The van der Waals surface area contributed by atoms with Gasteiger partial charge in [-0.3, -0.25) is 0 Å². The predicted octanol–water partition coefficient (Wildman–Crippen LogP) is 2.19. The highest BCUT2D eigenvalue weighted by molar-refractivity contribution is 7.98. The van der Waals surface area contributed by atoms with Gasteiger partial charge < -0.3 is 5.73 Å². The number of nitrogens with two attached hydrogens (primary N) is 1. The highest BCUT2D eigenvalue weighted by Crippen LogP contribution is 2.12. The largest absolute Gasteiger partial charge is 0.330 e. The van der Waals surface area contributed by atoms with Gasteiger partial charge in [0.1, 0.15) is 0 Å². The molecule has 0 saturated heterocycles. The van der Waals surface area contributed by atoms with Crippen molar-refractivity contribution in [1.29, 1.82) is 0 Å². The van der Waals surface area contributed by atoms with Crippen LogP contribution in [-0.4, -0.2) is 12.3 Å². The number of aryl methyl sites for hydroxylation is 1. The summed E-state index contributed by atoms with van der Waals surface area (Å²) < 4.78 is 0. The number of thioether (sulfide) groups is 1. The van der Waals surface area contributed by atoms with Crippen LogP contribution >= 0.6 is 11.8 Å². The van der Waals surface area contributed by atoms with E-state index in [1.165, 1.54) is 11.1 Å². The summed E-state index contributed by atoms with van der Waals surface area (Å²) in [5, 5.41) is 0. The molecule has 0 amide bonds. The van der Waals surface area contributed by atoms with E-state index in [9.17, 15) is 0 Å². The Balaban J connectivity index is 2.41. The molecule has 1 aromatic rings. The molecule has 0 saturated carbocycles. The minimum Gasteiger partial charge on any atom is -0.330 e. The second-order valence-corrected chi connectivity index (χ2v) is 3.94. The molecule has 2 heteroatoms. The molecule has 0 unspecified atom stereocenters. The minimum atomic E-state index is 0.774. The first-order valence-electron chi connectivity index (χ1n) is 4.16. The summed E-state index contributed by atoms with van der Waals surface area (Å²) >= 11 is 1.89. The van der Waals surface area contributed by atoms with Crippen molar-refractivity contribution in [2.75, 3.05) is 12.3 Å². The molecule has 0 fully saturated rings. The molecule has 0 bridgehead atoms. The summed E-state index contributed by atoms with van der Waals surface area (Å²) in [7, 11) is 0. The van der Waals surface area contributed by atoms with Crippen LogP contribution in [0, 0.1) is 6.92 Å². The standard InChI is InChI=1S/C10H15NS/c1-9-3-2-4-10(7-9)8-12-6-5-11/h2-4,7H,5-6,8,11H2,1H3. The topological polar surface area (TPSA) is 26.0 Å². The van der Waals surface area contributed by atoms with Gasteiger partial charge in [0.2, 0.25) is 0 Å². The number of benzene rings is 1. The molecular weight excluding hydrogens is 166 g/mol. The molecule has 0 spiro atoms. The quantitative estimate of drug-likeness (QED) is 0.721. The third-order valence-electron chi connectivity index (χ3n) is 1.61. The van der Waals surface area contributed by atoms with Crippen molar-refractivity contribution >= 4 is 11.8 Å². The van der Waals surface area contributed by atoms with Crippen LogP contribution in [0.25, 0.3) is 0 Å². The summed E-state index contributed by atoms with van der Waals surface area (Å²) in [5.41, 5.74) is 8.13. The Morgan fingerprint density at radius 1 is 1.42 bits per heavy atom. The number of hydrogen-bond acceptors (Lipinski definition) is 2. The predicted molar refractivity (Wildman–Crippen MR) is 56.4 cm³/mol. The SMILES string of the molecule is Cc1cccc(CSCCN)c1. The lowest BCUT2D eigenvalue weighted by atomic mass is 10.2. The fourth-order valence-corrected chi connectivity index (χ4v) is 1.80. The van der Waals surface area contributed by atoms with Crippen LogP contribution in [0.2, 0.25) is 0 Å². The van der Waals surface area contributed by atoms with Gasteiger partial charge >= 0.3 is 0 Å². The first-order chi connectivity index (χ1) is 5.83. The highest BCUT2D eigenvalue weighted by Gasteiger charge is 1.92. The molecule has 1 rings (SSSR count). The van der Waals surface area contributed by atoms with Gasteiger partial charge in [0, 0.05) is 18.1 Å². The van der Waals surface area contributed by atoms with Gasteiger partial charge in [-0.2, -0.15) is 11.8 Å². The summed E-state index contributed by atoms with van der Waals surface area (Å²) in [6.45, 7) is 2.90. The van der Waals surface area contributed by atoms with Crippen LogP contribution in [0.1, 0.15) is 11.1 Å². The summed E-state index contributed by atoms with van der Waals surface area (Å²) in [5.74, 6) is 2.13. The van der Waals surface area contributed by atoms with Crippen molar-refractivity contribution in [3.05, 3.63) is 35.4 Å². The Bertz CT molecular complexity index is 235. The second-order valence-electron chi connectivity index (χ2n) is 2.83. The van der Waals surface area contributed by atoms with E-state index in [4.69, 9.17) is 5.73 Å². The van der Waals surface area contributed by atoms with E-state index < -0.39 is 0 Å². The van der Waals surface area contributed by atoms with E-state index >= 15 is 0 Å². The Morgan fingerprint density at radius 3 is 2.92 bits per heavy atom. The number of rotatable bonds is 4. The molecule has 66 valence electrons. The lowest BCUT2D eigenvalue weighted by Gasteiger charge is -2.00. The molecule has 1 aromatic carbocycles. The van der Waals surface area contributed by atoms with Gasteiger partial charge in [0.25, 0.3) is 0 Å². The lowest BCUT2D eigenvalue weighted by Crippen LogP contribution is -2.01. The fourth-order valence-electron chi connectivity index (χ4n) is 1.08. The number of hydrogen-bond donors (Lipinski definition) is 1. The van der Waals surface area contributed by atoms with Crippen molar-refractivity contribution in [2.45, 2.75) is 12.7 Å². The lowest BCUT2D eigenvalue weighted by molar-refractivity contribution is 1.15. The first kappa shape index (κ1) is 9.62. The Hall–Kier alpha value is -0.470. The molecule has 1 nitrogen and oxygen atoms in total. The second kappa shape index (κ2) is 5.22. The average Bonchev–Trinajstić information content (AvgIpc) is 2.05. The van der Waals surface area contributed by atoms with Gasteiger partial charge in [0.05, 0.1) is 0 Å². The van der Waals surface area contributed by atoms with Crippen molar-refractivity contribution in [3.8, 4) is 0 Å². The van der Waals surface area contributed by atoms with E-state index in [2.05, 4.69) is 31.2 Å². The summed E-state index contributed by atoms with van der Waals surface area (Å²) in [4.78, 5) is 0. The maximum absolute atomic E-state index is 5.40.